The smallest absolute Gasteiger partial charge is 0.279 e. The molecule has 0 bridgehead atoms. The Labute approximate surface area is 194 Å². The molecule has 0 saturated carbocycles. The molecule has 2 aromatic carbocycles. The summed E-state index contributed by atoms with van der Waals surface area (Å²) in [5.41, 5.74) is 1.86. The quantitative estimate of drug-likeness (QED) is 0.190. The molecule has 0 atom stereocenters. The van der Waals surface area contributed by atoms with Crippen LogP contribution in [0.25, 0.3) is 33.3 Å². The molecule has 6 nitrogen and oxygen atoms in total. The number of hydrogen-bond acceptors (Lipinski definition) is 4. The molecular formula is C19H11F3I2N6. The Bertz CT molecular complexity index is 1440. The molecule has 0 radical (unpaired) electrons. The third-order valence-electron chi connectivity index (χ3n) is 4.82. The third-order valence-corrected chi connectivity index (χ3v) is 7.01. The molecule has 3 heterocycles. The van der Waals surface area contributed by atoms with E-state index >= 15 is 0 Å². The molecule has 0 amide bonds. The van der Waals surface area contributed by atoms with Crippen molar-refractivity contribution in [3.8, 4) is 5.82 Å². The predicted molar refractivity (Wildman–Crippen MR) is 123 cm³/mol. The van der Waals surface area contributed by atoms with Crippen LogP contribution in [0.5, 0.6) is 0 Å². The van der Waals surface area contributed by atoms with E-state index in [1.165, 1.54) is 49.7 Å². The van der Waals surface area contributed by atoms with Crippen LogP contribution in [-0.2, 0) is 1.43 Å². The molecule has 5 rings (SSSR count). The Morgan fingerprint density at radius 3 is 2.30 bits per heavy atom. The van der Waals surface area contributed by atoms with Gasteiger partial charge in [0, 0.05) is 10.8 Å². The average molecular weight is 634 g/mol. The molecule has 0 fully saturated rings. The second-order valence-electron chi connectivity index (χ2n) is 6.68. The first-order valence-corrected chi connectivity index (χ1v) is 10.9. The van der Waals surface area contributed by atoms with Crippen LogP contribution in [0, 0.1) is 6.92 Å². The average Bonchev–Trinajstić information content (AvgIpc) is 3.27. The molecule has 0 saturated heterocycles. The van der Waals surface area contributed by atoms with Crippen molar-refractivity contribution in [1.82, 2.24) is 29.4 Å². The van der Waals surface area contributed by atoms with Crippen molar-refractivity contribution in [2.45, 2.75) is 14.5 Å². The summed E-state index contributed by atoms with van der Waals surface area (Å²) in [6, 6.07) is 14.9. The van der Waals surface area contributed by atoms with Crippen LogP contribution in [0.3, 0.4) is 0 Å². The number of aryl methyl sites for hydroxylation is 1. The molecular weight excluding hydrogens is 623 g/mol. The van der Waals surface area contributed by atoms with Gasteiger partial charge in [0.2, 0.25) is 1.43 Å². The lowest BCUT2D eigenvalue weighted by Crippen LogP contribution is -2.32. The molecule has 0 N–H and O–H groups in total. The van der Waals surface area contributed by atoms with Gasteiger partial charge in [-0.3, -0.25) is 4.57 Å². The summed E-state index contributed by atoms with van der Waals surface area (Å²) in [6.45, 7) is 1.84. The lowest BCUT2D eigenvalue weighted by atomic mass is 10.1. The zero-order valence-corrected chi connectivity index (χ0v) is 19.5. The van der Waals surface area contributed by atoms with E-state index in [1.807, 2.05) is 54.0 Å². The number of nitrogens with zero attached hydrogens (tertiary/aromatic N) is 6. The van der Waals surface area contributed by atoms with Gasteiger partial charge in [-0.2, -0.15) is 17.7 Å². The van der Waals surface area contributed by atoms with Gasteiger partial charge in [-0.05, 0) is 64.2 Å². The Morgan fingerprint density at radius 2 is 1.57 bits per heavy atom. The number of fused-ring (bicyclic) bond motifs is 4. The Morgan fingerprint density at radius 1 is 0.900 bits per heavy atom. The Hall–Kier alpha value is -2.03. The van der Waals surface area contributed by atoms with E-state index in [-0.39, 0.29) is 11.5 Å². The van der Waals surface area contributed by atoms with Gasteiger partial charge in [0.05, 0.1) is 11.0 Å². The molecule has 0 aliphatic rings. The van der Waals surface area contributed by atoms with Crippen molar-refractivity contribution >= 4 is 72.6 Å². The number of hydrogen-bond donors (Lipinski definition) is 0. The van der Waals surface area contributed by atoms with E-state index in [4.69, 9.17) is 0 Å². The fraction of sp³-hybridized carbons (Fsp3) is 0.158. The lowest BCUT2D eigenvalue weighted by molar-refractivity contribution is -0.132. The maximum Gasteiger partial charge on any atom is 0.419 e. The highest BCUT2D eigenvalue weighted by atomic mass is 127. The van der Waals surface area contributed by atoms with E-state index < -0.39 is 7.60 Å². The second-order valence-corrected chi connectivity index (χ2v) is 12.0. The fourth-order valence-corrected chi connectivity index (χ4v) is 4.14. The SMILES string of the molecule is Cc1nc2ccccc2n1-c1nn2c(C(I)(I)C(F)(F)F)nnc2c2ccccc12. The minimum absolute atomic E-state index is 0.272. The van der Waals surface area contributed by atoms with E-state index in [0.29, 0.717) is 17.0 Å². The normalized spacial score (nSPS) is 13.0. The summed E-state index contributed by atoms with van der Waals surface area (Å²) < 4.78 is 42.0. The molecule has 11 heteroatoms. The molecule has 0 unspecified atom stereocenters. The van der Waals surface area contributed by atoms with Crippen molar-refractivity contribution in [3.63, 3.8) is 0 Å². The van der Waals surface area contributed by atoms with Gasteiger partial charge in [0.15, 0.2) is 17.3 Å². The first kappa shape index (κ1) is 19.9. The molecule has 152 valence electrons. The van der Waals surface area contributed by atoms with E-state index in [2.05, 4.69) is 20.3 Å². The predicted octanol–water partition coefficient (Wildman–Crippen LogP) is 5.51. The highest BCUT2D eigenvalue weighted by Gasteiger charge is 2.56. The summed E-state index contributed by atoms with van der Waals surface area (Å²) in [7, 11) is 0. The van der Waals surface area contributed by atoms with E-state index in [1.54, 1.807) is 6.07 Å². The molecule has 30 heavy (non-hydrogen) atoms. The van der Waals surface area contributed by atoms with Crippen LogP contribution < -0.4 is 0 Å². The van der Waals surface area contributed by atoms with Crippen molar-refractivity contribution in [2.75, 3.05) is 0 Å². The van der Waals surface area contributed by atoms with Crippen molar-refractivity contribution in [3.05, 3.63) is 60.2 Å². The maximum absolute atomic E-state index is 13.7. The van der Waals surface area contributed by atoms with Gasteiger partial charge in [-0.15, -0.1) is 15.3 Å². The number of aromatic nitrogens is 6. The number of alkyl halides is 5. The molecule has 0 aliphatic carbocycles. The summed E-state index contributed by atoms with van der Waals surface area (Å²) in [4.78, 5) is 4.57. The van der Waals surface area contributed by atoms with Gasteiger partial charge in [0.25, 0.3) is 0 Å². The van der Waals surface area contributed by atoms with Gasteiger partial charge in [-0.25, -0.2) is 4.98 Å². The monoisotopic (exact) mass is 634 g/mol. The topological polar surface area (TPSA) is 60.9 Å². The Kier molecular flexibility index (Phi) is 4.47. The van der Waals surface area contributed by atoms with Crippen LogP contribution >= 0.6 is 45.2 Å². The molecule has 0 spiro atoms. The first-order chi connectivity index (χ1) is 14.2. The molecule has 3 aromatic heterocycles. The van der Waals surface area contributed by atoms with Crippen LogP contribution in [-0.4, -0.2) is 35.5 Å². The van der Waals surface area contributed by atoms with Crippen molar-refractivity contribution in [1.29, 1.82) is 0 Å². The summed E-state index contributed by atoms with van der Waals surface area (Å²) >= 11 is 2.68. The van der Waals surface area contributed by atoms with E-state index in [9.17, 15) is 13.2 Å². The standard InChI is InChI=1S/C19H11F3I2N6/c1-10-25-13-8-4-5-9-14(13)29(10)16-12-7-3-2-6-11(12)15-26-27-17(30(15)28-16)18(23,24)19(20,21)22/h2-9H,1H3. The minimum Gasteiger partial charge on any atom is -0.279 e. The second kappa shape index (κ2) is 6.73. The summed E-state index contributed by atoms with van der Waals surface area (Å²) in [6.07, 6.45) is -4.54. The number of imidazole rings is 1. The van der Waals surface area contributed by atoms with Gasteiger partial charge in [-0.1, -0.05) is 36.4 Å². The van der Waals surface area contributed by atoms with Crippen LogP contribution in [0.2, 0.25) is 0 Å². The fourth-order valence-electron chi connectivity index (χ4n) is 3.47. The number of benzene rings is 2. The number of rotatable bonds is 2. The van der Waals surface area contributed by atoms with Crippen LogP contribution in [0.15, 0.2) is 48.5 Å². The molecule has 0 aliphatic heterocycles. The van der Waals surface area contributed by atoms with Crippen molar-refractivity contribution in [2.24, 2.45) is 0 Å². The highest BCUT2D eigenvalue weighted by Crippen LogP contribution is 2.51. The zero-order chi connectivity index (χ0) is 21.3. The number of para-hydroxylation sites is 2. The van der Waals surface area contributed by atoms with Gasteiger partial charge < -0.3 is 0 Å². The lowest BCUT2D eigenvalue weighted by Gasteiger charge is -2.22. The van der Waals surface area contributed by atoms with Crippen LogP contribution in [0.4, 0.5) is 13.2 Å². The zero-order valence-electron chi connectivity index (χ0n) is 15.2. The highest BCUT2D eigenvalue weighted by molar-refractivity contribution is 14.2. The van der Waals surface area contributed by atoms with Gasteiger partial charge >= 0.3 is 6.18 Å². The Balaban J connectivity index is 1.93. The summed E-state index contributed by atoms with van der Waals surface area (Å²) in [5, 5.41) is 13.9. The third kappa shape index (κ3) is 2.81. The van der Waals surface area contributed by atoms with E-state index in [0.717, 1.165) is 16.4 Å². The summed E-state index contributed by atoms with van der Waals surface area (Å²) in [5.74, 6) is 0.852. The van der Waals surface area contributed by atoms with Crippen LogP contribution in [0.1, 0.15) is 11.6 Å². The minimum atomic E-state index is -4.54. The molecule has 5 aromatic rings. The largest absolute Gasteiger partial charge is 0.419 e. The van der Waals surface area contributed by atoms with Gasteiger partial charge in [0.1, 0.15) is 5.82 Å². The maximum atomic E-state index is 13.7. The number of halogens is 5. The van der Waals surface area contributed by atoms with Crippen molar-refractivity contribution < 1.29 is 13.2 Å². The first-order valence-electron chi connectivity index (χ1n) is 8.74.